The molecule has 6 rings (SSSR count). The third-order valence-electron chi connectivity index (χ3n) is 6.97. The molecule has 0 radical (unpaired) electrons. The lowest BCUT2D eigenvalue weighted by Crippen LogP contribution is -2.38. The molecule has 1 aliphatic carbocycles. The van der Waals surface area contributed by atoms with Crippen molar-refractivity contribution in [2.24, 2.45) is 0 Å². The molecule has 0 spiro atoms. The number of anilines is 1. The van der Waals surface area contributed by atoms with E-state index in [1.54, 1.807) is 13.4 Å². The Morgan fingerprint density at radius 3 is 2.74 bits per heavy atom. The first-order valence-electron chi connectivity index (χ1n) is 12.0. The van der Waals surface area contributed by atoms with E-state index in [0.29, 0.717) is 13.1 Å². The molecule has 35 heavy (non-hydrogen) atoms. The Bertz CT molecular complexity index is 1440. The van der Waals surface area contributed by atoms with E-state index in [1.165, 1.54) is 28.6 Å². The zero-order valence-electron chi connectivity index (χ0n) is 19.7. The number of hydrogen-bond acceptors (Lipinski definition) is 4. The smallest absolute Gasteiger partial charge is 0.322 e. The second-order valence-corrected chi connectivity index (χ2v) is 9.05. The summed E-state index contributed by atoms with van der Waals surface area (Å²) in [6.45, 7) is 1.20. The lowest BCUT2D eigenvalue weighted by atomic mass is 10.00. The molecule has 0 bridgehead atoms. The summed E-state index contributed by atoms with van der Waals surface area (Å²) in [6, 6.07) is 15.7. The summed E-state index contributed by atoms with van der Waals surface area (Å²) in [5.41, 5.74) is 8.69. The lowest BCUT2D eigenvalue weighted by Gasteiger charge is -2.27. The van der Waals surface area contributed by atoms with Crippen LogP contribution in [0.2, 0.25) is 0 Å². The van der Waals surface area contributed by atoms with E-state index in [4.69, 9.17) is 4.74 Å². The number of hydrogen-bond donors (Lipinski definition) is 2. The van der Waals surface area contributed by atoms with Crippen LogP contribution >= 0.6 is 0 Å². The standard InChI is InChI=1S/C28H27N5O2/c1-35-22-10-8-18(9-11-22)20-4-2-5-21(16-20)31-28(34)33-14-12-19(13-15-33)26-25-23-6-3-7-24(23)32-27(25)30-17-29-26/h2,4-5,8-12,16-17H,3,6-7,13-15H2,1H3,(H,31,34)(H,29,30,32). The Morgan fingerprint density at radius 2 is 1.94 bits per heavy atom. The highest BCUT2D eigenvalue weighted by Crippen LogP contribution is 2.34. The van der Waals surface area contributed by atoms with Crippen LogP contribution in [-0.2, 0) is 12.8 Å². The number of rotatable bonds is 4. The van der Waals surface area contributed by atoms with Crippen LogP contribution in [0.15, 0.2) is 60.9 Å². The zero-order chi connectivity index (χ0) is 23.8. The summed E-state index contributed by atoms with van der Waals surface area (Å²) in [7, 11) is 1.66. The van der Waals surface area contributed by atoms with E-state index in [2.05, 4.69) is 26.3 Å². The highest BCUT2D eigenvalue weighted by Gasteiger charge is 2.24. The molecule has 176 valence electrons. The van der Waals surface area contributed by atoms with Gasteiger partial charge in [0.15, 0.2) is 0 Å². The fourth-order valence-electron chi connectivity index (χ4n) is 5.14. The van der Waals surface area contributed by atoms with Crippen LogP contribution in [0.4, 0.5) is 10.5 Å². The summed E-state index contributed by atoms with van der Waals surface area (Å²) < 4.78 is 5.24. The number of carbonyl (C=O) groups excluding carboxylic acids is 1. The first-order chi connectivity index (χ1) is 17.2. The number of benzene rings is 2. The first-order valence-corrected chi connectivity index (χ1v) is 12.0. The molecule has 7 heteroatoms. The van der Waals surface area contributed by atoms with Crippen LogP contribution in [0.3, 0.4) is 0 Å². The molecule has 7 nitrogen and oxygen atoms in total. The summed E-state index contributed by atoms with van der Waals surface area (Å²) in [5.74, 6) is 0.819. The molecule has 2 aromatic heterocycles. The number of nitrogens with one attached hydrogen (secondary N) is 2. The van der Waals surface area contributed by atoms with Gasteiger partial charge >= 0.3 is 6.03 Å². The molecule has 1 aliphatic heterocycles. The maximum absolute atomic E-state index is 13.0. The van der Waals surface area contributed by atoms with Crippen LogP contribution in [-0.4, -0.2) is 46.1 Å². The van der Waals surface area contributed by atoms with Crippen molar-refractivity contribution >= 4 is 28.3 Å². The summed E-state index contributed by atoms with van der Waals surface area (Å²) in [6.07, 6.45) is 7.88. The Labute approximate surface area is 203 Å². The van der Waals surface area contributed by atoms with E-state index in [9.17, 15) is 4.79 Å². The third-order valence-corrected chi connectivity index (χ3v) is 6.97. The van der Waals surface area contributed by atoms with E-state index in [1.807, 2.05) is 53.4 Å². The molecule has 0 saturated heterocycles. The number of carbonyl (C=O) groups is 1. The van der Waals surface area contributed by atoms with E-state index < -0.39 is 0 Å². The van der Waals surface area contributed by atoms with Gasteiger partial charge in [0.25, 0.3) is 0 Å². The fourth-order valence-corrected chi connectivity index (χ4v) is 5.14. The molecule has 0 fully saturated rings. The van der Waals surface area contributed by atoms with Gasteiger partial charge < -0.3 is 19.9 Å². The molecule has 4 aromatic rings. The predicted molar refractivity (Wildman–Crippen MR) is 138 cm³/mol. The maximum Gasteiger partial charge on any atom is 0.322 e. The molecular weight excluding hydrogens is 438 g/mol. The first kappa shape index (κ1) is 21.4. The van der Waals surface area contributed by atoms with Gasteiger partial charge in [-0.25, -0.2) is 14.8 Å². The van der Waals surface area contributed by atoms with Crippen molar-refractivity contribution in [3.05, 3.63) is 77.9 Å². The number of amides is 2. The van der Waals surface area contributed by atoms with E-state index >= 15 is 0 Å². The van der Waals surface area contributed by atoms with E-state index in [-0.39, 0.29) is 6.03 Å². The number of H-pyrrole nitrogens is 1. The van der Waals surface area contributed by atoms with Crippen LogP contribution in [0.5, 0.6) is 5.75 Å². The van der Waals surface area contributed by atoms with Crippen molar-refractivity contribution in [3.63, 3.8) is 0 Å². The Hall–Kier alpha value is -4.13. The molecule has 2 aromatic carbocycles. The minimum absolute atomic E-state index is 0.0949. The molecule has 0 unspecified atom stereocenters. The van der Waals surface area contributed by atoms with E-state index in [0.717, 1.165) is 53.2 Å². The second kappa shape index (κ2) is 8.91. The number of fused-ring (bicyclic) bond motifs is 3. The van der Waals surface area contributed by atoms with Gasteiger partial charge in [-0.1, -0.05) is 30.3 Å². The van der Waals surface area contributed by atoms with Gasteiger partial charge in [0, 0.05) is 29.9 Å². The lowest BCUT2D eigenvalue weighted by molar-refractivity contribution is 0.217. The van der Waals surface area contributed by atoms with Crippen molar-refractivity contribution in [3.8, 4) is 16.9 Å². The predicted octanol–water partition coefficient (Wildman–Crippen LogP) is 5.44. The van der Waals surface area contributed by atoms with Crippen molar-refractivity contribution in [1.29, 1.82) is 0 Å². The van der Waals surface area contributed by atoms with Gasteiger partial charge in [0.2, 0.25) is 0 Å². The largest absolute Gasteiger partial charge is 0.497 e. The molecule has 3 heterocycles. The average Bonchev–Trinajstić information content (AvgIpc) is 3.50. The zero-order valence-corrected chi connectivity index (χ0v) is 19.7. The Morgan fingerprint density at radius 1 is 1.06 bits per heavy atom. The minimum Gasteiger partial charge on any atom is -0.497 e. The van der Waals surface area contributed by atoms with Gasteiger partial charge in [-0.15, -0.1) is 0 Å². The van der Waals surface area contributed by atoms with Gasteiger partial charge in [-0.2, -0.15) is 0 Å². The number of methoxy groups -OCH3 is 1. The number of aryl methyl sites for hydroxylation is 2. The molecular formula is C28H27N5O2. The maximum atomic E-state index is 13.0. The highest BCUT2D eigenvalue weighted by atomic mass is 16.5. The molecule has 2 aliphatic rings. The van der Waals surface area contributed by atoms with Crippen molar-refractivity contribution < 1.29 is 9.53 Å². The van der Waals surface area contributed by atoms with Crippen molar-refractivity contribution in [1.82, 2.24) is 19.9 Å². The SMILES string of the molecule is COc1ccc(-c2cccc(NC(=O)N3CC=C(c4ncnc5[nH]c6c(c45)CCC6)CC3)c2)cc1. The molecule has 0 atom stereocenters. The van der Waals surface area contributed by atoms with Gasteiger partial charge in [0.1, 0.15) is 17.7 Å². The number of aromatic nitrogens is 3. The molecule has 0 saturated carbocycles. The Balaban J connectivity index is 1.17. The number of nitrogens with zero attached hydrogens (tertiary/aromatic N) is 3. The van der Waals surface area contributed by atoms with Crippen molar-refractivity contribution in [2.75, 3.05) is 25.5 Å². The monoisotopic (exact) mass is 465 g/mol. The minimum atomic E-state index is -0.0949. The van der Waals surface area contributed by atoms with Crippen LogP contribution in [0, 0.1) is 0 Å². The average molecular weight is 466 g/mol. The van der Waals surface area contributed by atoms with Crippen LogP contribution in [0.1, 0.15) is 29.8 Å². The summed E-state index contributed by atoms with van der Waals surface area (Å²) in [5, 5.41) is 4.23. The van der Waals surface area contributed by atoms with Gasteiger partial charge in [0.05, 0.1) is 12.8 Å². The topological polar surface area (TPSA) is 83.1 Å². The fraction of sp³-hybridized carbons (Fsp3) is 0.250. The summed E-state index contributed by atoms with van der Waals surface area (Å²) >= 11 is 0. The molecule has 2 amide bonds. The normalized spacial score (nSPS) is 15.1. The highest BCUT2D eigenvalue weighted by molar-refractivity contribution is 5.94. The number of ether oxygens (including phenoxy) is 1. The third kappa shape index (κ3) is 4.03. The number of aromatic amines is 1. The summed E-state index contributed by atoms with van der Waals surface area (Å²) in [4.78, 5) is 27.4. The van der Waals surface area contributed by atoms with Gasteiger partial charge in [-0.05, 0) is 72.2 Å². The van der Waals surface area contributed by atoms with Crippen molar-refractivity contribution in [2.45, 2.75) is 25.7 Å². The quantitative estimate of drug-likeness (QED) is 0.420. The van der Waals surface area contributed by atoms with Gasteiger partial charge in [-0.3, -0.25) is 0 Å². The van der Waals surface area contributed by atoms with Crippen LogP contribution in [0.25, 0.3) is 27.7 Å². The number of urea groups is 1. The van der Waals surface area contributed by atoms with Crippen LogP contribution < -0.4 is 10.1 Å². The Kier molecular flexibility index (Phi) is 5.45. The molecule has 2 N–H and O–H groups in total. The second-order valence-electron chi connectivity index (χ2n) is 9.05.